The zero-order chi connectivity index (χ0) is 26.3. The first kappa shape index (κ1) is 25.5. The predicted molar refractivity (Wildman–Crippen MR) is 144 cm³/mol. The largest absolute Gasteiger partial charge is 0.327 e. The number of carbonyl (C=O) groups is 2. The van der Waals surface area contributed by atoms with Crippen molar-refractivity contribution >= 4 is 46.3 Å². The average molecular weight is 540 g/mol. The average Bonchev–Trinajstić information content (AvgIpc) is 3.33. The van der Waals surface area contributed by atoms with Crippen molar-refractivity contribution in [1.82, 2.24) is 14.7 Å². The van der Waals surface area contributed by atoms with Crippen molar-refractivity contribution in [2.75, 3.05) is 0 Å². The number of benzene rings is 1. The first-order valence-electron chi connectivity index (χ1n) is 12.7. The van der Waals surface area contributed by atoms with E-state index in [4.69, 9.17) is 23.2 Å². The maximum Gasteiger partial charge on any atom is 0.327 e. The third-order valence-electron chi connectivity index (χ3n) is 7.11. The second-order valence-corrected chi connectivity index (χ2v) is 10.6. The van der Waals surface area contributed by atoms with Gasteiger partial charge in [0.1, 0.15) is 5.57 Å². The molecule has 1 saturated carbocycles. The second-order valence-electron chi connectivity index (χ2n) is 9.74. The van der Waals surface area contributed by atoms with Crippen LogP contribution >= 0.6 is 23.2 Å². The van der Waals surface area contributed by atoms with Crippen molar-refractivity contribution in [1.29, 1.82) is 0 Å². The monoisotopic (exact) mass is 539 g/mol. The number of aromatic amines is 1. The Bertz CT molecular complexity index is 1480. The fraction of sp³-hybridized carbons (Fsp3) is 0.357. The molecule has 1 aliphatic carbocycles. The van der Waals surface area contributed by atoms with Crippen LogP contribution in [0, 0.1) is 6.92 Å². The van der Waals surface area contributed by atoms with Crippen LogP contribution in [0.3, 0.4) is 0 Å². The molecule has 0 unspecified atom stereocenters. The third-order valence-corrected chi connectivity index (χ3v) is 7.85. The number of H-pyrrole nitrogens is 1. The standard InChI is InChI=1S/C28H28Cl2N4O3/c1-3-8-22-23(27(36)34(31-22)19-12-13-20(29)21(30)15-19)24-25(32-14-7-9-17(2)16-32)28(37)33(26(24)35)18-10-5-4-6-11-18/h7,9,12-16,18H,3-6,8,10-11H2,1-2H3/p+1. The minimum atomic E-state index is -0.408. The highest BCUT2D eigenvalue weighted by Crippen LogP contribution is 2.35. The lowest BCUT2D eigenvalue weighted by atomic mass is 9.94. The summed E-state index contributed by atoms with van der Waals surface area (Å²) in [4.78, 5) is 43.3. The second kappa shape index (κ2) is 10.3. The molecule has 0 spiro atoms. The lowest BCUT2D eigenvalue weighted by molar-refractivity contribution is -0.577. The van der Waals surface area contributed by atoms with E-state index in [9.17, 15) is 14.4 Å². The van der Waals surface area contributed by atoms with E-state index in [-0.39, 0.29) is 28.8 Å². The highest BCUT2D eigenvalue weighted by atomic mass is 35.5. The zero-order valence-electron chi connectivity index (χ0n) is 20.9. The number of nitrogens with zero attached hydrogens (tertiary/aromatic N) is 3. The number of amides is 2. The van der Waals surface area contributed by atoms with Gasteiger partial charge in [-0.05, 0) is 50.5 Å². The number of hydrogen-bond acceptors (Lipinski definition) is 3. The Morgan fingerprint density at radius 1 is 1.03 bits per heavy atom. The first-order valence-corrected chi connectivity index (χ1v) is 13.5. The van der Waals surface area contributed by atoms with E-state index in [0.29, 0.717) is 27.8 Å². The summed E-state index contributed by atoms with van der Waals surface area (Å²) in [5.41, 5.74) is 2.22. The van der Waals surface area contributed by atoms with E-state index < -0.39 is 11.5 Å². The molecule has 1 aliphatic heterocycles. The lowest BCUT2D eigenvalue weighted by Crippen LogP contribution is -2.45. The highest BCUT2D eigenvalue weighted by Gasteiger charge is 2.49. The van der Waals surface area contributed by atoms with Crippen LogP contribution in [-0.4, -0.2) is 32.5 Å². The number of imide groups is 1. The summed E-state index contributed by atoms with van der Waals surface area (Å²) in [6.07, 6.45) is 9.42. The summed E-state index contributed by atoms with van der Waals surface area (Å²) in [7, 11) is 0. The van der Waals surface area contributed by atoms with E-state index in [2.05, 4.69) is 5.10 Å². The van der Waals surface area contributed by atoms with E-state index >= 15 is 0 Å². The van der Waals surface area contributed by atoms with E-state index in [1.165, 1.54) is 9.58 Å². The SMILES string of the molecule is CCCc1[nH]n(-c2ccc(Cl)c(Cl)c2)c(=O)c1C1=C([n+]2cccc(C)c2)C(=O)N(C2CCCCC2)C1=O. The Morgan fingerprint density at radius 3 is 2.46 bits per heavy atom. The molecular formula is C28H29Cl2N4O3+. The first-order chi connectivity index (χ1) is 17.8. The van der Waals surface area contributed by atoms with Crippen LogP contribution in [0.25, 0.3) is 17.0 Å². The molecule has 192 valence electrons. The summed E-state index contributed by atoms with van der Waals surface area (Å²) in [5.74, 6) is -0.762. The molecule has 0 saturated heterocycles. The van der Waals surface area contributed by atoms with Crippen molar-refractivity contribution in [3.05, 3.63) is 79.9 Å². The number of carbonyl (C=O) groups excluding carboxylic acids is 2. The van der Waals surface area contributed by atoms with Crippen molar-refractivity contribution in [3.63, 3.8) is 0 Å². The van der Waals surface area contributed by atoms with Crippen molar-refractivity contribution in [3.8, 4) is 5.69 Å². The van der Waals surface area contributed by atoms with Gasteiger partial charge in [-0.3, -0.25) is 24.4 Å². The van der Waals surface area contributed by atoms with Gasteiger partial charge in [-0.2, -0.15) is 4.57 Å². The zero-order valence-corrected chi connectivity index (χ0v) is 22.4. The minimum Gasteiger partial charge on any atom is -0.294 e. The van der Waals surface area contributed by atoms with Crippen LogP contribution in [0.5, 0.6) is 0 Å². The van der Waals surface area contributed by atoms with Gasteiger partial charge >= 0.3 is 5.91 Å². The molecule has 3 aromatic rings. The number of hydrogen-bond donors (Lipinski definition) is 1. The van der Waals surface area contributed by atoms with E-state index in [1.807, 2.05) is 32.2 Å². The van der Waals surface area contributed by atoms with Gasteiger partial charge in [0.15, 0.2) is 12.4 Å². The van der Waals surface area contributed by atoms with Gasteiger partial charge in [0.25, 0.3) is 17.2 Å². The van der Waals surface area contributed by atoms with Gasteiger partial charge in [0.05, 0.1) is 21.3 Å². The quantitative estimate of drug-likeness (QED) is 0.350. The summed E-state index contributed by atoms with van der Waals surface area (Å²) >= 11 is 12.3. The number of aromatic nitrogens is 3. The number of halogens is 2. The summed E-state index contributed by atoms with van der Waals surface area (Å²) in [5, 5.41) is 3.87. The molecule has 1 fully saturated rings. The molecule has 1 N–H and O–H groups in total. The molecule has 2 aromatic heterocycles. The topological polar surface area (TPSA) is 79.1 Å². The van der Waals surface area contributed by atoms with Crippen LogP contribution in [0.15, 0.2) is 47.5 Å². The molecule has 37 heavy (non-hydrogen) atoms. The van der Waals surface area contributed by atoms with E-state index in [0.717, 1.165) is 44.1 Å². The molecule has 3 heterocycles. The van der Waals surface area contributed by atoms with Crippen molar-refractivity contribution in [2.24, 2.45) is 0 Å². The van der Waals surface area contributed by atoms with Crippen molar-refractivity contribution in [2.45, 2.75) is 64.8 Å². The van der Waals surface area contributed by atoms with E-state index in [1.54, 1.807) is 29.0 Å². The fourth-order valence-corrected chi connectivity index (χ4v) is 5.67. The molecule has 9 heteroatoms. The minimum absolute atomic E-state index is 0.148. The molecule has 2 aliphatic rings. The van der Waals surface area contributed by atoms with Gasteiger partial charge < -0.3 is 0 Å². The fourth-order valence-electron chi connectivity index (χ4n) is 5.38. The van der Waals surface area contributed by atoms with Crippen LogP contribution < -0.4 is 10.1 Å². The Hall–Kier alpha value is -3.16. The third kappa shape index (κ3) is 4.55. The highest BCUT2D eigenvalue weighted by molar-refractivity contribution is 6.44. The molecule has 1 aromatic carbocycles. The molecular weight excluding hydrogens is 511 g/mol. The molecule has 0 atom stereocenters. The molecule has 2 amide bonds. The van der Waals surface area contributed by atoms with Gasteiger partial charge in [-0.25, -0.2) is 4.68 Å². The molecule has 0 radical (unpaired) electrons. The Kier molecular flexibility index (Phi) is 7.10. The number of rotatable bonds is 6. The lowest BCUT2D eigenvalue weighted by Gasteiger charge is -2.29. The van der Waals surface area contributed by atoms with Gasteiger partial charge in [0.2, 0.25) is 0 Å². The van der Waals surface area contributed by atoms with Gasteiger partial charge in [0, 0.05) is 23.4 Å². The van der Waals surface area contributed by atoms with Gasteiger partial charge in [-0.15, -0.1) is 0 Å². The summed E-state index contributed by atoms with van der Waals surface area (Å²) < 4.78 is 3.05. The Labute approximate surface area is 225 Å². The molecule has 7 nitrogen and oxygen atoms in total. The smallest absolute Gasteiger partial charge is 0.294 e. The summed E-state index contributed by atoms with van der Waals surface area (Å²) in [6, 6.07) is 8.49. The normalized spacial score (nSPS) is 16.8. The van der Waals surface area contributed by atoms with Crippen LogP contribution in [0.4, 0.5) is 0 Å². The van der Waals surface area contributed by atoms with Crippen LogP contribution in [-0.2, 0) is 16.0 Å². The molecule has 0 bridgehead atoms. The summed E-state index contributed by atoms with van der Waals surface area (Å²) in [6.45, 7) is 3.92. The number of nitrogens with one attached hydrogen (secondary N) is 1. The number of aryl methyl sites for hydroxylation is 2. The van der Waals surface area contributed by atoms with Crippen LogP contribution in [0.1, 0.15) is 62.3 Å². The maximum absolute atomic E-state index is 14.1. The Morgan fingerprint density at radius 2 is 1.78 bits per heavy atom. The van der Waals surface area contributed by atoms with Crippen molar-refractivity contribution < 1.29 is 14.2 Å². The Balaban J connectivity index is 1.75. The predicted octanol–water partition coefficient (Wildman–Crippen LogP) is 5.09. The van der Waals surface area contributed by atoms with Gasteiger partial charge in [-0.1, -0.05) is 55.8 Å². The maximum atomic E-state index is 14.1. The number of pyridine rings is 1. The van der Waals surface area contributed by atoms with Crippen LogP contribution in [0.2, 0.25) is 10.0 Å². The molecule has 5 rings (SSSR count).